The number of rotatable bonds is 3. The Morgan fingerprint density at radius 1 is 1.41 bits per heavy atom. The van der Waals surface area contributed by atoms with Crippen LogP contribution in [0, 0.1) is 11.2 Å². The average molecular weight is 303 g/mol. The Hall–Kier alpha value is -0.740. The molecule has 1 aromatic rings. The molecular weight excluding hydrogens is 287 g/mol. The Morgan fingerprint density at radius 2 is 2.00 bits per heavy atom. The van der Waals surface area contributed by atoms with Gasteiger partial charge in [0.1, 0.15) is 11.9 Å². The summed E-state index contributed by atoms with van der Waals surface area (Å²) < 4.78 is 19.3. The second kappa shape index (κ2) is 5.27. The van der Waals surface area contributed by atoms with Crippen molar-refractivity contribution in [3.05, 3.63) is 34.1 Å². The van der Waals surface area contributed by atoms with Gasteiger partial charge in [-0.15, -0.1) is 0 Å². The molecule has 0 bridgehead atoms. The maximum atomic E-state index is 13.8. The van der Waals surface area contributed by atoms with Crippen molar-refractivity contribution in [3.63, 3.8) is 0 Å². The van der Waals surface area contributed by atoms with Crippen LogP contribution in [0.1, 0.15) is 31.1 Å². The number of Topliss-reactive ketones (excluding diaryl/α,β-unsaturated/α-hetero) is 1. The number of hydrogen-bond donors (Lipinski definition) is 0. The molecule has 0 saturated carbocycles. The van der Waals surface area contributed by atoms with Crippen LogP contribution in [0.5, 0.6) is 0 Å². The van der Waals surface area contributed by atoms with Gasteiger partial charge in [0.05, 0.1) is 10.0 Å². The highest BCUT2D eigenvalue weighted by Gasteiger charge is 2.33. The molecule has 0 radical (unpaired) electrons. The number of carbonyl (C=O) groups is 1. The van der Waals surface area contributed by atoms with E-state index >= 15 is 0 Å². The first-order chi connectivity index (χ1) is 7.79. The molecule has 0 aliphatic heterocycles. The minimum absolute atomic E-state index is 0.0566. The van der Waals surface area contributed by atoms with E-state index in [1.807, 2.05) is 20.8 Å². The molecule has 1 aromatic carbocycles. The molecule has 2 nitrogen and oxygen atoms in total. The highest BCUT2D eigenvalue weighted by atomic mass is 79.9. The van der Waals surface area contributed by atoms with Crippen molar-refractivity contribution in [2.24, 2.45) is 5.41 Å². The third kappa shape index (κ3) is 3.13. The zero-order chi connectivity index (χ0) is 13.2. The standard InChI is InChI=1S/C13H16BrFO2/c1-13(2,3)12(17-4)11(16)8-6-5-7-9(14)10(8)15/h5-7,12H,1-4H3. The van der Waals surface area contributed by atoms with Crippen molar-refractivity contribution < 1.29 is 13.9 Å². The molecule has 1 atom stereocenters. The molecule has 4 heteroatoms. The molecule has 0 fully saturated rings. The molecule has 0 aliphatic rings. The lowest BCUT2D eigenvalue weighted by Gasteiger charge is -2.28. The van der Waals surface area contributed by atoms with Gasteiger partial charge in [-0.25, -0.2) is 4.39 Å². The van der Waals surface area contributed by atoms with E-state index < -0.39 is 11.9 Å². The van der Waals surface area contributed by atoms with E-state index in [1.165, 1.54) is 13.2 Å². The van der Waals surface area contributed by atoms with Crippen LogP contribution in [0.25, 0.3) is 0 Å². The lowest BCUT2D eigenvalue weighted by atomic mass is 9.84. The number of halogens is 2. The van der Waals surface area contributed by atoms with Gasteiger partial charge in [-0.1, -0.05) is 26.8 Å². The van der Waals surface area contributed by atoms with Gasteiger partial charge in [0.25, 0.3) is 0 Å². The number of ether oxygens (including phenoxy) is 1. The lowest BCUT2D eigenvalue weighted by molar-refractivity contribution is 0.0192. The monoisotopic (exact) mass is 302 g/mol. The van der Waals surface area contributed by atoms with Crippen LogP contribution in [0.3, 0.4) is 0 Å². The maximum Gasteiger partial charge on any atom is 0.195 e. The van der Waals surface area contributed by atoms with Crippen LogP contribution < -0.4 is 0 Å². The van der Waals surface area contributed by atoms with Crippen molar-refractivity contribution in [1.29, 1.82) is 0 Å². The highest BCUT2D eigenvalue weighted by Crippen LogP contribution is 2.27. The molecule has 1 rings (SSSR count). The summed E-state index contributed by atoms with van der Waals surface area (Å²) >= 11 is 3.07. The number of benzene rings is 1. The predicted molar refractivity (Wildman–Crippen MR) is 68.7 cm³/mol. The number of methoxy groups -OCH3 is 1. The summed E-state index contributed by atoms with van der Waals surface area (Å²) in [5.41, 5.74) is -0.318. The molecule has 17 heavy (non-hydrogen) atoms. The van der Waals surface area contributed by atoms with Crippen molar-refractivity contribution in [3.8, 4) is 0 Å². The van der Waals surface area contributed by atoms with Gasteiger partial charge in [-0.3, -0.25) is 4.79 Å². The largest absolute Gasteiger partial charge is 0.373 e. The van der Waals surface area contributed by atoms with Crippen molar-refractivity contribution >= 4 is 21.7 Å². The van der Waals surface area contributed by atoms with Crippen molar-refractivity contribution in [1.82, 2.24) is 0 Å². The SMILES string of the molecule is COC(C(=O)c1cccc(Br)c1F)C(C)(C)C. The van der Waals surface area contributed by atoms with Crippen LogP contribution in [0.4, 0.5) is 4.39 Å². The van der Waals surface area contributed by atoms with E-state index in [1.54, 1.807) is 12.1 Å². The van der Waals surface area contributed by atoms with Gasteiger partial charge < -0.3 is 4.74 Å². The van der Waals surface area contributed by atoms with Gasteiger partial charge in [-0.05, 0) is 33.5 Å². The summed E-state index contributed by atoms with van der Waals surface area (Å²) in [5, 5.41) is 0. The zero-order valence-corrected chi connectivity index (χ0v) is 12.0. The topological polar surface area (TPSA) is 26.3 Å². The molecular formula is C13H16BrFO2. The highest BCUT2D eigenvalue weighted by molar-refractivity contribution is 9.10. The van der Waals surface area contributed by atoms with E-state index in [0.29, 0.717) is 0 Å². The molecule has 0 spiro atoms. The molecule has 0 saturated heterocycles. The van der Waals surface area contributed by atoms with Gasteiger partial charge >= 0.3 is 0 Å². The summed E-state index contributed by atoms with van der Waals surface area (Å²) in [7, 11) is 1.46. The van der Waals surface area contributed by atoms with Crippen LogP contribution >= 0.6 is 15.9 Å². The van der Waals surface area contributed by atoms with E-state index in [4.69, 9.17) is 4.74 Å². The molecule has 0 aromatic heterocycles. The Bertz CT molecular complexity index is 424. The van der Waals surface area contributed by atoms with Crippen LogP contribution in [-0.2, 0) is 4.74 Å². The van der Waals surface area contributed by atoms with E-state index in [-0.39, 0.29) is 21.2 Å². The zero-order valence-electron chi connectivity index (χ0n) is 10.4. The molecule has 0 amide bonds. The summed E-state index contributed by atoms with van der Waals surface area (Å²) in [4.78, 5) is 12.2. The summed E-state index contributed by atoms with van der Waals surface area (Å²) in [6.45, 7) is 5.65. The Kier molecular flexibility index (Phi) is 4.44. The molecule has 0 aliphatic carbocycles. The fourth-order valence-corrected chi connectivity index (χ4v) is 2.06. The van der Waals surface area contributed by atoms with Gasteiger partial charge in [0.15, 0.2) is 5.78 Å². The quantitative estimate of drug-likeness (QED) is 0.793. The molecule has 0 heterocycles. The minimum Gasteiger partial charge on any atom is -0.373 e. The number of ketones is 1. The summed E-state index contributed by atoms with van der Waals surface area (Å²) in [5.74, 6) is -0.873. The molecule has 94 valence electrons. The first-order valence-electron chi connectivity index (χ1n) is 5.30. The number of carbonyl (C=O) groups excluding carboxylic acids is 1. The predicted octanol–water partition coefficient (Wildman–Crippen LogP) is 3.83. The van der Waals surface area contributed by atoms with Crippen molar-refractivity contribution in [2.75, 3.05) is 7.11 Å². The first kappa shape index (κ1) is 14.3. The van der Waals surface area contributed by atoms with Crippen LogP contribution in [0.15, 0.2) is 22.7 Å². The van der Waals surface area contributed by atoms with Gasteiger partial charge in [0, 0.05) is 7.11 Å². The Balaban J connectivity index is 3.16. The second-order valence-electron chi connectivity index (χ2n) is 4.95. The second-order valence-corrected chi connectivity index (χ2v) is 5.80. The normalized spacial score (nSPS) is 13.5. The summed E-state index contributed by atoms with van der Waals surface area (Å²) in [6, 6.07) is 4.67. The number of hydrogen-bond acceptors (Lipinski definition) is 2. The average Bonchev–Trinajstić information content (AvgIpc) is 2.20. The molecule has 1 unspecified atom stereocenters. The fourth-order valence-electron chi connectivity index (χ4n) is 1.69. The van der Waals surface area contributed by atoms with E-state index in [9.17, 15) is 9.18 Å². The maximum absolute atomic E-state index is 13.8. The third-order valence-electron chi connectivity index (χ3n) is 2.48. The Morgan fingerprint density at radius 3 is 2.47 bits per heavy atom. The van der Waals surface area contributed by atoms with E-state index in [2.05, 4.69) is 15.9 Å². The first-order valence-corrected chi connectivity index (χ1v) is 6.09. The van der Waals surface area contributed by atoms with Gasteiger partial charge in [0.2, 0.25) is 0 Å². The van der Waals surface area contributed by atoms with Crippen molar-refractivity contribution in [2.45, 2.75) is 26.9 Å². The summed E-state index contributed by atoms with van der Waals surface area (Å²) in [6.07, 6.45) is -0.661. The van der Waals surface area contributed by atoms with Gasteiger partial charge in [-0.2, -0.15) is 0 Å². The van der Waals surface area contributed by atoms with Crippen LogP contribution in [-0.4, -0.2) is 19.0 Å². The Labute approximate surface area is 109 Å². The third-order valence-corrected chi connectivity index (χ3v) is 3.09. The lowest BCUT2D eigenvalue weighted by Crippen LogP contribution is -2.36. The fraction of sp³-hybridized carbons (Fsp3) is 0.462. The van der Waals surface area contributed by atoms with Crippen LogP contribution in [0.2, 0.25) is 0 Å². The molecule has 0 N–H and O–H groups in total. The minimum atomic E-state index is -0.661. The van der Waals surface area contributed by atoms with E-state index in [0.717, 1.165) is 0 Å². The smallest absolute Gasteiger partial charge is 0.195 e.